The van der Waals surface area contributed by atoms with Gasteiger partial charge in [0.2, 0.25) is 5.91 Å². The molecule has 102 valence electrons. The predicted octanol–water partition coefficient (Wildman–Crippen LogP) is 2.06. The fraction of sp³-hybridized carbons (Fsp3) is 0.429. The van der Waals surface area contributed by atoms with Crippen molar-refractivity contribution in [1.82, 2.24) is 0 Å². The van der Waals surface area contributed by atoms with Gasteiger partial charge in [0.05, 0.1) is 6.61 Å². The molecule has 2 N–H and O–H groups in total. The molecule has 5 nitrogen and oxygen atoms in total. The molecule has 1 heterocycles. The number of benzene rings is 1. The summed E-state index contributed by atoms with van der Waals surface area (Å²) in [6.07, 6.45) is 2.14. The Hall–Kier alpha value is -2.04. The van der Waals surface area contributed by atoms with Gasteiger partial charge in [-0.1, -0.05) is 6.92 Å². The van der Waals surface area contributed by atoms with Crippen molar-refractivity contribution in [3.63, 3.8) is 0 Å². The first kappa shape index (κ1) is 13.4. The van der Waals surface area contributed by atoms with Crippen LogP contribution in [0.1, 0.15) is 25.3 Å². The van der Waals surface area contributed by atoms with E-state index < -0.39 is 17.8 Å². The Morgan fingerprint density at radius 3 is 2.95 bits per heavy atom. The zero-order chi connectivity index (χ0) is 13.8. The van der Waals surface area contributed by atoms with Crippen LogP contribution in [-0.4, -0.2) is 23.6 Å². The van der Waals surface area contributed by atoms with E-state index in [0.717, 1.165) is 30.8 Å². The molecule has 1 aliphatic rings. The lowest BCUT2D eigenvalue weighted by Crippen LogP contribution is -2.29. The monoisotopic (exact) mass is 263 g/mol. The van der Waals surface area contributed by atoms with Crippen molar-refractivity contribution in [2.75, 3.05) is 11.9 Å². The number of hydrogen-bond donors (Lipinski definition) is 2. The Kier molecular flexibility index (Phi) is 4.04. The summed E-state index contributed by atoms with van der Waals surface area (Å²) in [5.74, 6) is -1.74. The third-order valence-electron chi connectivity index (χ3n) is 3.20. The second kappa shape index (κ2) is 5.73. The van der Waals surface area contributed by atoms with Crippen molar-refractivity contribution in [3.05, 3.63) is 23.8 Å². The summed E-state index contributed by atoms with van der Waals surface area (Å²) in [5, 5.41) is 11.6. The third-order valence-corrected chi connectivity index (χ3v) is 3.20. The number of hydrogen-bond acceptors (Lipinski definition) is 3. The van der Waals surface area contributed by atoms with Gasteiger partial charge in [0.15, 0.2) is 0 Å². The predicted molar refractivity (Wildman–Crippen MR) is 70.3 cm³/mol. The van der Waals surface area contributed by atoms with Crippen molar-refractivity contribution in [2.45, 2.75) is 26.2 Å². The number of fused-ring (bicyclic) bond motifs is 1. The van der Waals surface area contributed by atoms with E-state index in [-0.39, 0.29) is 6.42 Å². The normalized spacial score (nSPS) is 15.0. The van der Waals surface area contributed by atoms with Crippen LogP contribution in [0.4, 0.5) is 5.69 Å². The Morgan fingerprint density at radius 2 is 2.26 bits per heavy atom. The highest BCUT2D eigenvalue weighted by Gasteiger charge is 2.24. The molecule has 0 bridgehead atoms. The van der Waals surface area contributed by atoms with Gasteiger partial charge < -0.3 is 15.2 Å². The first-order valence-electron chi connectivity index (χ1n) is 6.41. The molecule has 0 aromatic heterocycles. The summed E-state index contributed by atoms with van der Waals surface area (Å²) < 4.78 is 5.48. The summed E-state index contributed by atoms with van der Waals surface area (Å²) in [6.45, 7) is 2.40. The summed E-state index contributed by atoms with van der Waals surface area (Å²) in [5.41, 5.74) is 1.67. The van der Waals surface area contributed by atoms with Gasteiger partial charge in [0, 0.05) is 5.69 Å². The van der Waals surface area contributed by atoms with Crippen LogP contribution in [0.3, 0.4) is 0 Å². The maximum Gasteiger partial charge on any atom is 0.316 e. The van der Waals surface area contributed by atoms with Gasteiger partial charge in [-0.05, 0) is 43.0 Å². The highest BCUT2D eigenvalue weighted by atomic mass is 16.5. The van der Waals surface area contributed by atoms with Crippen LogP contribution in [-0.2, 0) is 16.0 Å². The first-order chi connectivity index (χ1) is 9.11. The van der Waals surface area contributed by atoms with Gasteiger partial charge in [0.1, 0.15) is 11.7 Å². The van der Waals surface area contributed by atoms with E-state index in [9.17, 15) is 9.59 Å². The summed E-state index contributed by atoms with van der Waals surface area (Å²) in [7, 11) is 0. The molecule has 0 saturated heterocycles. The molecule has 1 unspecified atom stereocenters. The second-order valence-electron chi connectivity index (χ2n) is 4.56. The minimum Gasteiger partial charge on any atom is -0.493 e. The summed E-state index contributed by atoms with van der Waals surface area (Å²) in [6, 6.07) is 5.39. The molecule has 1 aromatic rings. The average Bonchev–Trinajstić information content (AvgIpc) is 2.39. The maximum absolute atomic E-state index is 11.8. The van der Waals surface area contributed by atoms with Crippen LogP contribution in [0.2, 0.25) is 0 Å². The molecule has 5 heteroatoms. The quantitative estimate of drug-likeness (QED) is 0.815. The summed E-state index contributed by atoms with van der Waals surface area (Å²) in [4.78, 5) is 22.7. The number of ether oxygens (including phenoxy) is 1. The van der Waals surface area contributed by atoms with Gasteiger partial charge in [-0.3, -0.25) is 9.59 Å². The first-order valence-corrected chi connectivity index (χ1v) is 6.41. The van der Waals surface area contributed by atoms with Crippen LogP contribution in [0.5, 0.6) is 5.75 Å². The minimum absolute atomic E-state index is 0.273. The number of nitrogens with one attached hydrogen (secondary N) is 1. The zero-order valence-electron chi connectivity index (χ0n) is 10.8. The molecule has 1 amide bonds. The number of anilines is 1. The third kappa shape index (κ3) is 3.05. The minimum atomic E-state index is -1.10. The fourth-order valence-electron chi connectivity index (χ4n) is 2.14. The Balaban J connectivity index is 2.11. The van der Waals surface area contributed by atoms with Crippen LogP contribution < -0.4 is 10.1 Å². The van der Waals surface area contributed by atoms with Gasteiger partial charge >= 0.3 is 5.97 Å². The Labute approximate surface area is 111 Å². The van der Waals surface area contributed by atoms with Crippen molar-refractivity contribution in [2.24, 2.45) is 5.92 Å². The smallest absolute Gasteiger partial charge is 0.316 e. The molecule has 1 atom stereocenters. The van der Waals surface area contributed by atoms with Crippen LogP contribution in [0, 0.1) is 5.92 Å². The average molecular weight is 263 g/mol. The van der Waals surface area contributed by atoms with Crippen molar-refractivity contribution in [3.8, 4) is 5.75 Å². The van der Waals surface area contributed by atoms with E-state index in [1.54, 1.807) is 13.0 Å². The van der Waals surface area contributed by atoms with Crippen LogP contribution >= 0.6 is 0 Å². The molecule has 0 radical (unpaired) electrons. The Morgan fingerprint density at radius 1 is 1.47 bits per heavy atom. The van der Waals surface area contributed by atoms with Crippen molar-refractivity contribution in [1.29, 1.82) is 0 Å². The molecular formula is C14H17NO4. The van der Waals surface area contributed by atoms with Gasteiger partial charge in [-0.25, -0.2) is 0 Å². The lowest BCUT2D eigenvalue weighted by Gasteiger charge is -2.18. The topological polar surface area (TPSA) is 75.6 Å². The number of rotatable bonds is 4. The zero-order valence-corrected chi connectivity index (χ0v) is 10.8. The molecule has 1 aliphatic heterocycles. The number of carbonyl (C=O) groups excluding carboxylic acids is 1. The highest BCUT2D eigenvalue weighted by molar-refractivity contribution is 6.04. The number of carboxylic acids is 1. The van der Waals surface area contributed by atoms with Crippen LogP contribution in [0.25, 0.3) is 0 Å². The van der Waals surface area contributed by atoms with Gasteiger partial charge in [0.25, 0.3) is 0 Å². The van der Waals surface area contributed by atoms with Crippen molar-refractivity contribution >= 4 is 17.6 Å². The molecule has 0 aliphatic carbocycles. The number of carbonyl (C=O) groups is 2. The van der Waals surface area contributed by atoms with E-state index in [2.05, 4.69) is 5.32 Å². The SMILES string of the molecule is CCC(C(=O)O)C(=O)Nc1ccc2c(c1)CCCO2. The van der Waals surface area contributed by atoms with Gasteiger partial charge in [-0.2, -0.15) is 0 Å². The molecular weight excluding hydrogens is 246 g/mol. The van der Waals surface area contributed by atoms with E-state index in [1.165, 1.54) is 0 Å². The molecule has 19 heavy (non-hydrogen) atoms. The standard InChI is InChI=1S/C14H17NO4/c1-2-11(14(17)18)13(16)15-10-5-6-12-9(8-10)4-3-7-19-12/h5-6,8,11H,2-4,7H2,1H3,(H,15,16)(H,17,18). The number of aliphatic carboxylic acids is 1. The molecule has 0 fully saturated rings. The lowest BCUT2D eigenvalue weighted by molar-refractivity contribution is -0.145. The van der Waals surface area contributed by atoms with Crippen molar-refractivity contribution < 1.29 is 19.4 Å². The molecule has 1 aromatic carbocycles. The van der Waals surface area contributed by atoms with Gasteiger partial charge in [-0.15, -0.1) is 0 Å². The van der Waals surface area contributed by atoms with E-state index in [4.69, 9.17) is 9.84 Å². The Bertz CT molecular complexity index is 498. The number of aryl methyl sites for hydroxylation is 1. The van der Waals surface area contributed by atoms with Crippen LogP contribution in [0.15, 0.2) is 18.2 Å². The maximum atomic E-state index is 11.8. The number of amides is 1. The molecule has 0 spiro atoms. The van der Waals surface area contributed by atoms with E-state index >= 15 is 0 Å². The molecule has 0 saturated carbocycles. The van der Waals surface area contributed by atoms with E-state index in [1.807, 2.05) is 12.1 Å². The summed E-state index contributed by atoms with van der Waals surface area (Å²) >= 11 is 0. The second-order valence-corrected chi connectivity index (χ2v) is 4.56. The highest BCUT2D eigenvalue weighted by Crippen LogP contribution is 2.27. The van der Waals surface area contributed by atoms with E-state index in [0.29, 0.717) is 5.69 Å². The fourth-order valence-corrected chi connectivity index (χ4v) is 2.14. The lowest BCUT2D eigenvalue weighted by atomic mass is 10.0. The largest absolute Gasteiger partial charge is 0.493 e. The number of carboxylic acid groups (broad SMARTS) is 1. The molecule has 2 rings (SSSR count).